The maximum absolute atomic E-state index is 12.1. The highest BCUT2D eigenvalue weighted by molar-refractivity contribution is 6.35. The fourth-order valence-electron chi connectivity index (χ4n) is 2.33. The minimum absolute atomic E-state index is 0.377. The van der Waals surface area contributed by atoms with Crippen LogP contribution in [-0.4, -0.2) is 39.8 Å². The third-order valence-electron chi connectivity index (χ3n) is 3.66. The molecule has 2 aromatic carbocycles. The summed E-state index contributed by atoms with van der Waals surface area (Å²) in [5, 5.41) is 3.47. The van der Waals surface area contributed by atoms with E-state index < -0.39 is 18.5 Å². The monoisotopic (exact) mass is 439 g/mol. The van der Waals surface area contributed by atoms with Crippen molar-refractivity contribution in [3.05, 3.63) is 52.0 Å². The molecule has 0 saturated carbocycles. The van der Waals surface area contributed by atoms with E-state index in [4.69, 9.17) is 42.1 Å². The van der Waals surface area contributed by atoms with Crippen molar-refractivity contribution in [1.29, 1.82) is 0 Å². The lowest BCUT2D eigenvalue weighted by Crippen LogP contribution is -2.20. The van der Waals surface area contributed by atoms with E-state index in [0.29, 0.717) is 38.5 Å². The number of methoxy groups -OCH3 is 3. The van der Waals surface area contributed by atoms with E-state index in [0.717, 1.165) is 0 Å². The molecule has 0 saturated heterocycles. The van der Waals surface area contributed by atoms with E-state index in [-0.39, 0.29) is 0 Å². The van der Waals surface area contributed by atoms with Crippen molar-refractivity contribution in [3.8, 4) is 17.2 Å². The highest BCUT2D eigenvalue weighted by atomic mass is 35.5. The molecule has 154 valence electrons. The van der Waals surface area contributed by atoms with Gasteiger partial charge in [0, 0.05) is 33.9 Å². The van der Waals surface area contributed by atoms with Gasteiger partial charge in [-0.2, -0.15) is 0 Å². The number of rotatable bonds is 8. The fraction of sp³-hybridized carbons (Fsp3) is 0.200. The van der Waals surface area contributed by atoms with Gasteiger partial charge in [-0.3, -0.25) is 4.79 Å². The van der Waals surface area contributed by atoms with Gasteiger partial charge >= 0.3 is 5.97 Å². The van der Waals surface area contributed by atoms with Crippen LogP contribution in [0.5, 0.6) is 17.2 Å². The summed E-state index contributed by atoms with van der Waals surface area (Å²) in [4.78, 5) is 23.9. The van der Waals surface area contributed by atoms with Crippen LogP contribution in [0.1, 0.15) is 5.56 Å². The largest absolute Gasteiger partial charge is 0.493 e. The number of carbonyl (C=O) groups excluding carboxylic acids is 2. The van der Waals surface area contributed by atoms with Crippen LogP contribution < -0.4 is 19.5 Å². The average molecular weight is 440 g/mol. The third-order valence-corrected chi connectivity index (χ3v) is 4.22. The quantitative estimate of drug-likeness (QED) is 0.489. The minimum Gasteiger partial charge on any atom is -0.493 e. The first-order chi connectivity index (χ1) is 13.9. The van der Waals surface area contributed by atoms with Crippen LogP contribution in [0, 0.1) is 0 Å². The molecule has 0 heterocycles. The average Bonchev–Trinajstić information content (AvgIpc) is 2.70. The summed E-state index contributed by atoms with van der Waals surface area (Å²) in [5.74, 6) is -0.0872. The molecule has 2 rings (SSSR count). The SMILES string of the molecule is COc1cc(NC(=O)COC(=O)/C=C/c2ccc(Cl)cc2Cl)cc(OC)c1OC. The number of nitrogens with one attached hydrogen (secondary N) is 1. The van der Waals surface area contributed by atoms with Gasteiger partial charge in [0.15, 0.2) is 18.1 Å². The molecule has 0 radical (unpaired) electrons. The predicted octanol–water partition coefficient (Wildman–Crippen LogP) is 4.21. The molecule has 0 atom stereocenters. The molecular formula is C20H19Cl2NO6. The van der Waals surface area contributed by atoms with Crippen LogP contribution >= 0.6 is 23.2 Å². The number of amides is 1. The second-order valence-electron chi connectivity index (χ2n) is 5.57. The summed E-state index contributed by atoms with van der Waals surface area (Å²) < 4.78 is 20.6. The molecule has 1 N–H and O–H groups in total. The summed E-state index contributed by atoms with van der Waals surface area (Å²) in [5.41, 5.74) is 0.985. The van der Waals surface area contributed by atoms with E-state index in [1.54, 1.807) is 30.3 Å². The number of carbonyl (C=O) groups is 2. The summed E-state index contributed by atoms with van der Waals surface area (Å²) >= 11 is 11.8. The molecule has 0 aliphatic rings. The molecule has 0 spiro atoms. The molecule has 0 fully saturated rings. The zero-order valence-electron chi connectivity index (χ0n) is 16.0. The van der Waals surface area contributed by atoms with Crippen molar-refractivity contribution in [1.82, 2.24) is 0 Å². The van der Waals surface area contributed by atoms with E-state index in [9.17, 15) is 9.59 Å². The molecule has 0 aliphatic heterocycles. The second kappa shape index (κ2) is 10.6. The van der Waals surface area contributed by atoms with Gasteiger partial charge in [-0.15, -0.1) is 0 Å². The Morgan fingerprint density at radius 1 is 1.00 bits per heavy atom. The first kappa shape index (κ1) is 22.4. The van der Waals surface area contributed by atoms with Crippen molar-refractivity contribution < 1.29 is 28.5 Å². The van der Waals surface area contributed by atoms with Crippen molar-refractivity contribution in [2.24, 2.45) is 0 Å². The van der Waals surface area contributed by atoms with Gasteiger partial charge in [-0.25, -0.2) is 4.79 Å². The lowest BCUT2D eigenvalue weighted by atomic mass is 10.2. The van der Waals surface area contributed by atoms with Gasteiger partial charge in [0.05, 0.1) is 21.3 Å². The summed E-state index contributed by atoms with van der Waals surface area (Å²) in [6.45, 7) is -0.478. The molecule has 0 aliphatic carbocycles. The van der Waals surface area contributed by atoms with E-state index >= 15 is 0 Å². The number of halogens is 2. The Balaban J connectivity index is 1.95. The van der Waals surface area contributed by atoms with Crippen molar-refractivity contribution in [2.45, 2.75) is 0 Å². The first-order valence-electron chi connectivity index (χ1n) is 8.27. The Morgan fingerprint density at radius 3 is 2.21 bits per heavy atom. The molecule has 9 heteroatoms. The Labute approximate surface area is 178 Å². The van der Waals surface area contributed by atoms with E-state index in [2.05, 4.69) is 5.32 Å². The predicted molar refractivity (Wildman–Crippen MR) is 111 cm³/mol. The topological polar surface area (TPSA) is 83.1 Å². The molecule has 2 aromatic rings. The van der Waals surface area contributed by atoms with Gasteiger partial charge in [-0.05, 0) is 23.8 Å². The molecule has 0 bridgehead atoms. The number of esters is 1. The molecule has 0 aromatic heterocycles. The normalized spacial score (nSPS) is 10.5. The van der Waals surface area contributed by atoms with Crippen molar-refractivity contribution in [2.75, 3.05) is 33.3 Å². The van der Waals surface area contributed by atoms with Gasteiger partial charge in [0.25, 0.3) is 5.91 Å². The zero-order valence-corrected chi connectivity index (χ0v) is 17.5. The standard InChI is InChI=1S/C20H19Cl2NO6/c1-26-16-9-14(10-17(27-2)20(16)28-3)23-18(24)11-29-19(25)7-5-12-4-6-13(21)8-15(12)22/h4-10H,11H2,1-3H3,(H,23,24)/b7-5+. The van der Waals surface area contributed by atoms with Crippen LogP contribution in [0.2, 0.25) is 10.0 Å². The Kier molecular flexibility index (Phi) is 8.18. The smallest absolute Gasteiger partial charge is 0.331 e. The van der Waals surface area contributed by atoms with Gasteiger partial charge in [0.1, 0.15) is 0 Å². The lowest BCUT2D eigenvalue weighted by Gasteiger charge is -2.14. The number of hydrogen-bond acceptors (Lipinski definition) is 6. The van der Waals surface area contributed by atoms with E-state index in [1.807, 2.05) is 0 Å². The van der Waals surface area contributed by atoms with Crippen LogP contribution in [0.4, 0.5) is 5.69 Å². The number of anilines is 1. The van der Waals surface area contributed by atoms with Crippen LogP contribution in [0.15, 0.2) is 36.4 Å². The highest BCUT2D eigenvalue weighted by Crippen LogP contribution is 2.39. The Bertz CT molecular complexity index is 904. The third kappa shape index (κ3) is 6.30. The summed E-state index contributed by atoms with van der Waals surface area (Å²) in [6.07, 6.45) is 2.64. The Hall–Kier alpha value is -2.90. The summed E-state index contributed by atoms with van der Waals surface area (Å²) in [6, 6.07) is 7.97. The number of hydrogen-bond donors (Lipinski definition) is 1. The summed E-state index contributed by atoms with van der Waals surface area (Å²) in [7, 11) is 4.40. The first-order valence-corrected chi connectivity index (χ1v) is 9.03. The molecule has 7 nitrogen and oxygen atoms in total. The fourth-order valence-corrected chi connectivity index (χ4v) is 2.80. The molecule has 1 amide bonds. The van der Waals surface area contributed by atoms with Crippen LogP contribution in [-0.2, 0) is 14.3 Å². The Morgan fingerprint density at radius 2 is 1.66 bits per heavy atom. The highest BCUT2D eigenvalue weighted by Gasteiger charge is 2.15. The lowest BCUT2D eigenvalue weighted by molar-refractivity contribution is -0.142. The second-order valence-corrected chi connectivity index (χ2v) is 6.41. The van der Waals surface area contributed by atoms with Crippen molar-refractivity contribution in [3.63, 3.8) is 0 Å². The van der Waals surface area contributed by atoms with Gasteiger partial charge in [0.2, 0.25) is 5.75 Å². The maximum Gasteiger partial charge on any atom is 0.331 e. The number of benzene rings is 2. The van der Waals surface area contributed by atoms with Gasteiger partial charge in [-0.1, -0.05) is 29.3 Å². The molecule has 0 unspecified atom stereocenters. The zero-order chi connectivity index (χ0) is 21.4. The van der Waals surface area contributed by atoms with Gasteiger partial charge < -0.3 is 24.3 Å². The van der Waals surface area contributed by atoms with Crippen molar-refractivity contribution >= 4 is 46.8 Å². The molecule has 29 heavy (non-hydrogen) atoms. The van der Waals surface area contributed by atoms with Crippen LogP contribution in [0.3, 0.4) is 0 Å². The molecular weight excluding hydrogens is 421 g/mol. The maximum atomic E-state index is 12.1. The van der Waals surface area contributed by atoms with Crippen LogP contribution in [0.25, 0.3) is 6.08 Å². The minimum atomic E-state index is -0.698. The van der Waals surface area contributed by atoms with E-state index in [1.165, 1.54) is 33.5 Å². The number of ether oxygens (including phenoxy) is 4.